The first kappa shape index (κ1) is 21.4. The monoisotopic (exact) mass is 412 g/mol. The highest BCUT2D eigenvalue weighted by molar-refractivity contribution is 6.00. The van der Waals surface area contributed by atoms with Gasteiger partial charge in [-0.15, -0.1) is 0 Å². The standard InChI is InChI=1S/C23H22F2N2O3/c1-10(2)7-16(28)18-12(4)27-13(5)22(26-6)19(18)14-9-15(24)21(25)20-17(29)8-11(3)30-23(14)20/h8-10,19,27H,7H2,1-5H3. The number of aryl methyl sites for hydroxylation is 1. The van der Waals surface area contributed by atoms with Gasteiger partial charge in [0.15, 0.2) is 28.5 Å². The van der Waals surface area contributed by atoms with Gasteiger partial charge in [0.05, 0.1) is 12.5 Å². The first-order valence-corrected chi connectivity index (χ1v) is 9.58. The van der Waals surface area contributed by atoms with Crippen molar-refractivity contribution in [2.75, 3.05) is 0 Å². The van der Waals surface area contributed by atoms with Crippen LogP contribution in [-0.2, 0) is 4.79 Å². The number of allylic oxidation sites excluding steroid dienone is 3. The Balaban J connectivity index is 2.43. The van der Waals surface area contributed by atoms with E-state index in [1.807, 2.05) is 13.8 Å². The van der Waals surface area contributed by atoms with Crippen LogP contribution in [0.4, 0.5) is 8.78 Å². The van der Waals surface area contributed by atoms with Crippen molar-refractivity contribution in [2.45, 2.75) is 47.0 Å². The van der Waals surface area contributed by atoms with Gasteiger partial charge in [0.1, 0.15) is 16.7 Å². The van der Waals surface area contributed by atoms with Crippen LogP contribution in [0.1, 0.15) is 51.4 Å². The number of carbonyl (C=O) groups is 1. The minimum atomic E-state index is -1.31. The third-order valence-electron chi connectivity index (χ3n) is 5.10. The molecule has 1 N–H and O–H groups in total. The molecule has 0 aliphatic carbocycles. The molecule has 1 aliphatic rings. The highest BCUT2D eigenvalue weighted by Gasteiger charge is 2.36. The second kappa shape index (κ2) is 7.86. The van der Waals surface area contributed by atoms with Crippen LogP contribution in [0.5, 0.6) is 0 Å². The van der Waals surface area contributed by atoms with Gasteiger partial charge < -0.3 is 9.73 Å². The molecule has 156 valence electrons. The van der Waals surface area contributed by atoms with E-state index in [1.54, 1.807) is 13.8 Å². The zero-order valence-corrected chi connectivity index (χ0v) is 17.4. The van der Waals surface area contributed by atoms with Gasteiger partial charge in [-0.25, -0.2) is 13.6 Å². The quantitative estimate of drug-likeness (QED) is 0.709. The highest BCUT2D eigenvalue weighted by Crippen LogP contribution is 2.43. The minimum Gasteiger partial charge on any atom is -0.461 e. The van der Waals surface area contributed by atoms with Gasteiger partial charge in [-0.1, -0.05) is 13.8 Å². The van der Waals surface area contributed by atoms with Crippen LogP contribution in [0.3, 0.4) is 0 Å². The minimum absolute atomic E-state index is 0.0590. The molecule has 0 spiro atoms. The molecule has 5 nitrogen and oxygen atoms in total. The number of hydrogen-bond acceptors (Lipinski definition) is 4. The Morgan fingerprint density at radius 2 is 1.90 bits per heavy atom. The summed E-state index contributed by atoms with van der Waals surface area (Å²) in [5, 5.41) is 2.52. The second-order valence-corrected chi connectivity index (χ2v) is 7.93. The molecule has 1 atom stereocenters. The summed E-state index contributed by atoms with van der Waals surface area (Å²) < 4.78 is 34.7. The van der Waals surface area contributed by atoms with Crippen molar-refractivity contribution in [3.8, 4) is 0 Å². The summed E-state index contributed by atoms with van der Waals surface area (Å²) in [5.41, 5.74) is 0.706. The molecule has 2 heterocycles. The molecule has 0 amide bonds. The Bertz CT molecular complexity index is 1230. The van der Waals surface area contributed by atoms with E-state index < -0.39 is 28.4 Å². The van der Waals surface area contributed by atoms with Crippen molar-refractivity contribution < 1.29 is 18.0 Å². The summed E-state index contributed by atoms with van der Waals surface area (Å²) in [4.78, 5) is 29.1. The summed E-state index contributed by atoms with van der Waals surface area (Å²) in [6.07, 6.45) is 0.222. The van der Waals surface area contributed by atoms with Crippen molar-refractivity contribution in [1.29, 1.82) is 0 Å². The van der Waals surface area contributed by atoms with Gasteiger partial charge in [-0.2, -0.15) is 0 Å². The van der Waals surface area contributed by atoms with Crippen LogP contribution in [0.25, 0.3) is 15.8 Å². The van der Waals surface area contributed by atoms with Crippen molar-refractivity contribution in [1.82, 2.24) is 5.32 Å². The van der Waals surface area contributed by atoms with E-state index in [0.29, 0.717) is 11.4 Å². The summed E-state index contributed by atoms with van der Waals surface area (Å²) >= 11 is 0. The average molecular weight is 412 g/mol. The maximum Gasteiger partial charge on any atom is 0.196 e. The number of halogens is 2. The van der Waals surface area contributed by atoms with Gasteiger partial charge >= 0.3 is 0 Å². The maximum atomic E-state index is 14.5. The number of fused-ring (bicyclic) bond motifs is 1. The van der Waals surface area contributed by atoms with E-state index in [1.165, 1.54) is 6.92 Å². The van der Waals surface area contributed by atoms with Crippen molar-refractivity contribution >= 4 is 16.8 Å². The molecule has 1 unspecified atom stereocenters. The topological polar surface area (TPSA) is 63.7 Å². The normalized spacial score (nSPS) is 16.8. The fourth-order valence-corrected chi connectivity index (χ4v) is 3.90. The zero-order chi connectivity index (χ0) is 22.3. The number of rotatable bonds is 4. The Kier molecular flexibility index (Phi) is 5.62. The molecule has 0 bridgehead atoms. The molecule has 0 fully saturated rings. The molecule has 3 rings (SSSR count). The van der Waals surface area contributed by atoms with E-state index in [-0.39, 0.29) is 46.3 Å². The van der Waals surface area contributed by atoms with E-state index >= 15 is 0 Å². The smallest absolute Gasteiger partial charge is 0.196 e. The molecule has 7 heteroatoms. The molecular formula is C23H22F2N2O3. The fraction of sp³-hybridized carbons (Fsp3) is 0.348. The number of Topliss-reactive ketones (excluding diaryl/α,β-unsaturated/α-hetero) is 1. The lowest BCUT2D eigenvalue weighted by Gasteiger charge is -2.29. The predicted octanol–water partition coefficient (Wildman–Crippen LogP) is 5.11. The third-order valence-corrected chi connectivity index (χ3v) is 5.10. The van der Waals surface area contributed by atoms with Gasteiger partial charge in [0.25, 0.3) is 0 Å². The van der Waals surface area contributed by atoms with Crippen LogP contribution >= 0.6 is 0 Å². The molecule has 1 aromatic carbocycles. The summed E-state index contributed by atoms with van der Waals surface area (Å²) in [7, 11) is 0. The Morgan fingerprint density at radius 1 is 1.23 bits per heavy atom. The molecule has 0 saturated carbocycles. The highest BCUT2D eigenvalue weighted by atomic mass is 19.2. The number of nitrogens with zero attached hydrogens (tertiary/aromatic N) is 1. The van der Waals surface area contributed by atoms with Crippen molar-refractivity contribution in [2.24, 2.45) is 5.92 Å². The lowest BCUT2D eigenvalue weighted by molar-refractivity contribution is -0.116. The molecule has 1 aromatic heterocycles. The van der Waals surface area contributed by atoms with E-state index in [2.05, 4.69) is 10.2 Å². The number of hydrogen-bond donors (Lipinski definition) is 1. The summed E-state index contributed by atoms with van der Waals surface area (Å²) in [6.45, 7) is 16.4. The van der Waals surface area contributed by atoms with Gasteiger partial charge in [0, 0.05) is 35.0 Å². The van der Waals surface area contributed by atoms with E-state index in [9.17, 15) is 18.4 Å². The zero-order valence-electron chi connectivity index (χ0n) is 17.4. The maximum absolute atomic E-state index is 14.5. The molecule has 30 heavy (non-hydrogen) atoms. The average Bonchev–Trinajstić information content (AvgIpc) is 2.62. The predicted molar refractivity (Wildman–Crippen MR) is 109 cm³/mol. The molecule has 0 radical (unpaired) electrons. The van der Waals surface area contributed by atoms with Crippen molar-refractivity contribution in [3.05, 3.63) is 79.4 Å². The lowest BCUT2D eigenvalue weighted by Crippen LogP contribution is -2.28. The summed E-state index contributed by atoms with van der Waals surface area (Å²) in [5.74, 6) is -3.45. The number of carbonyl (C=O) groups excluding carboxylic acids is 1. The molecule has 2 aromatic rings. The first-order chi connectivity index (χ1) is 14.1. The molecule has 0 saturated heterocycles. The molecule has 1 aliphatic heterocycles. The van der Waals surface area contributed by atoms with Gasteiger partial charge in [0.2, 0.25) is 0 Å². The lowest BCUT2D eigenvalue weighted by atomic mass is 9.80. The van der Waals surface area contributed by atoms with Crippen LogP contribution in [0.15, 0.2) is 44.0 Å². The number of benzene rings is 1. The van der Waals surface area contributed by atoms with Crippen molar-refractivity contribution in [3.63, 3.8) is 0 Å². The van der Waals surface area contributed by atoms with E-state index in [0.717, 1.165) is 12.1 Å². The SMILES string of the molecule is [C-]#[N+]C1=C(C)NC(C)=C(C(=O)CC(C)C)C1c1cc(F)c(F)c2c(=O)cc(C)oc12. The Hall–Kier alpha value is -3.27. The van der Waals surface area contributed by atoms with Crippen LogP contribution in [-0.4, -0.2) is 5.78 Å². The number of nitrogens with one attached hydrogen (secondary N) is 1. The van der Waals surface area contributed by atoms with E-state index in [4.69, 9.17) is 11.0 Å². The van der Waals surface area contributed by atoms with Gasteiger partial charge in [-0.05, 0) is 32.8 Å². The molecular weight excluding hydrogens is 390 g/mol. The Morgan fingerprint density at radius 3 is 2.50 bits per heavy atom. The first-order valence-electron chi connectivity index (χ1n) is 9.58. The number of dihydropyridines is 1. The van der Waals surface area contributed by atoms with Crippen LogP contribution < -0.4 is 10.7 Å². The third kappa shape index (κ3) is 3.54. The summed E-state index contributed by atoms with van der Waals surface area (Å²) in [6, 6.07) is 2.00. The van der Waals surface area contributed by atoms with Gasteiger partial charge in [-0.3, -0.25) is 9.59 Å². The van der Waals surface area contributed by atoms with Crippen LogP contribution in [0.2, 0.25) is 0 Å². The number of ketones is 1. The van der Waals surface area contributed by atoms with Crippen LogP contribution in [0, 0.1) is 31.0 Å². The fourth-order valence-electron chi connectivity index (χ4n) is 3.90. The second-order valence-electron chi connectivity index (χ2n) is 7.93. The Labute approximate surface area is 172 Å². The largest absolute Gasteiger partial charge is 0.461 e.